The maximum Gasteiger partial charge on any atom is 0.138 e. The molecule has 1 aromatic heterocycles. The molecule has 1 N–H and O–H groups in total. The third-order valence-electron chi connectivity index (χ3n) is 3.05. The Morgan fingerprint density at radius 1 is 1.76 bits per heavy atom. The van der Waals surface area contributed by atoms with Crippen LogP contribution in [-0.2, 0) is 0 Å². The summed E-state index contributed by atoms with van der Waals surface area (Å²) in [6, 6.07) is 6.20. The normalized spacial score (nSPS) is 23.0. The van der Waals surface area contributed by atoms with Gasteiger partial charge in [-0.15, -0.1) is 0 Å². The van der Waals surface area contributed by atoms with Gasteiger partial charge in [-0.05, 0) is 24.5 Å². The van der Waals surface area contributed by atoms with Gasteiger partial charge in [0.25, 0.3) is 0 Å². The highest BCUT2D eigenvalue weighted by atomic mass is 35.5. The summed E-state index contributed by atoms with van der Waals surface area (Å²) in [6.45, 7) is 2.18. The number of hydrogen-bond acceptors (Lipinski definition) is 3. The Balaban J connectivity index is 2.17. The van der Waals surface area contributed by atoms with E-state index in [1.165, 1.54) is 6.08 Å². The van der Waals surface area contributed by atoms with Crippen LogP contribution in [0.4, 0.5) is 0 Å². The number of aromatic nitrogens is 1. The second-order valence-corrected chi connectivity index (χ2v) is 4.54. The van der Waals surface area contributed by atoms with Crippen molar-refractivity contribution in [2.24, 2.45) is 5.92 Å². The topological polar surface area (TPSA) is 48.7 Å². The highest BCUT2D eigenvalue weighted by molar-refractivity contribution is 6.31. The number of nitrogens with zero attached hydrogens (tertiary/aromatic N) is 2. The summed E-state index contributed by atoms with van der Waals surface area (Å²) in [7, 11) is 0. The summed E-state index contributed by atoms with van der Waals surface area (Å²) < 4.78 is 0. The Morgan fingerprint density at radius 3 is 3.18 bits per heavy atom. The first kappa shape index (κ1) is 11.9. The Bertz CT molecular complexity index is 476. The number of rotatable bonds is 4. The van der Waals surface area contributed by atoms with Gasteiger partial charge in [0.2, 0.25) is 0 Å². The number of nitriles is 1. The number of halogens is 1. The van der Waals surface area contributed by atoms with Crippen LogP contribution in [0.15, 0.2) is 24.4 Å². The molecule has 1 aromatic rings. The molecule has 0 spiro atoms. The average Bonchev–Trinajstić information content (AvgIpc) is 3.08. The van der Waals surface area contributed by atoms with Crippen LogP contribution in [0.5, 0.6) is 0 Å². The molecule has 0 aliphatic heterocycles. The molecule has 0 radical (unpaired) electrons. The van der Waals surface area contributed by atoms with Gasteiger partial charge in [-0.25, -0.2) is 4.98 Å². The number of nitrogens with one attached hydrogen (secondary N) is 1. The maximum absolute atomic E-state index is 8.82. The Hall–Kier alpha value is -1.53. The van der Waals surface area contributed by atoms with Crippen molar-refractivity contribution in [1.82, 2.24) is 10.3 Å². The molecule has 1 heterocycles. The predicted molar refractivity (Wildman–Crippen MR) is 68.2 cm³/mol. The highest BCUT2D eigenvalue weighted by Gasteiger charge is 2.35. The number of hydrogen-bond donors (Lipinski definition) is 1. The summed E-state index contributed by atoms with van der Waals surface area (Å²) in [5.74, 6) is 0.715. The van der Waals surface area contributed by atoms with Crippen molar-refractivity contribution in [3.05, 3.63) is 35.1 Å². The zero-order valence-electron chi connectivity index (χ0n) is 9.65. The summed E-state index contributed by atoms with van der Waals surface area (Å²) in [5, 5.41) is 12.6. The van der Waals surface area contributed by atoms with Gasteiger partial charge in [0, 0.05) is 23.9 Å². The van der Waals surface area contributed by atoms with Gasteiger partial charge in [-0.1, -0.05) is 24.9 Å². The molecule has 1 aliphatic carbocycles. The van der Waals surface area contributed by atoms with Crippen molar-refractivity contribution >= 4 is 17.3 Å². The molecule has 0 amide bonds. The van der Waals surface area contributed by atoms with Crippen LogP contribution in [0.1, 0.15) is 25.3 Å². The van der Waals surface area contributed by atoms with Crippen LogP contribution in [-0.4, -0.2) is 11.0 Å². The minimum Gasteiger partial charge on any atom is -0.381 e. The molecule has 0 aromatic carbocycles. The van der Waals surface area contributed by atoms with Crippen LogP contribution in [0.25, 0.3) is 5.70 Å². The highest BCUT2D eigenvalue weighted by Crippen LogP contribution is 2.35. The van der Waals surface area contributed by atoms with E-state index >= 15 is 0 Å². The first-order valence-electron chi connectivity index (χ1n) is 5.73. The van der Waals surface area contributed by atoms with Gasteiger partial charge in [-0.2, -0.15) is 5.26 Å². The second kappa shape index (κ2) is 5.20. The van der Waals surface area contributed by atoms with E-state index in [2.05, 4.69) is 17.2 Å². The van der Waals surface area contributed by atoms with Crippen molar-refractivity contribution < 1.29 is 0 Å². The maximum atomic E-state index is 8.82. The lowest BCUT2D eigenvalue weighted by Crippen LogP contribution is -2.17. The fraction of sp³-hybridized carbons (Fsp3) is 0.385. The Morgan fingerprint density at radius 2 is 2.59 bits per heavy atom. The first-order chi connectivity index (χ1) is 8.26. The fourth-order valence-corrected chi connectivity index (χ4v) is 2.15. The fourth-order valence-electron chi connectivity index (χ4n) is 1.92. The first-order valence-corrected chi connectivity index (χ1v) is 6.11. The van der Waals surface area contributed by atoms with Gasteiger partial charge >= 0.3 is 0 Å². The summed E-state index contributed by atoms with van der Waals surface area (Å²) in [5.41, 5.74) is 1.56. The molecule has 0 bridgehead atoms. The van der Waals surface area contributed by atoms with Gasteiger partial charge in [0.1, 0.15) is 5.15 Å². The summed E-state index contributed by atoms with van der Waals surface area (Å²) in [4.78, 5) is 4.02. The monoisotopic (exact) mass is 247 g/mol. The molecular formula is C13H14ClN3. The van der Waals surface area contributed by atoms with Crippen molar-refractivity contribution in [2.45, 2.75) is 25.8 Å². The lowest BCUT2D eigenvalue weighted by Gasteiger charge is -2.10. The van der Waals surface area contributed by atoms with E-state index in [-0.39, 0.29) is 0 Å². The van der Waals surface area contributed by atoms with Gasteiger partial charge in [-0.3, -0.25) is 0 Å². The Labute approximate surface area is 106 Å². The van der Waals surface area contributed by atoms with Crippen LogP contribution in [0.2, 0.25) is 5.15 Å². The van der Waals surface area contributed by atoms with E-state index in [0.29, 0.717) is 17.1 Å². The van der Waals surface area contributed by atoms with E-state index in [0.717, 1.165) is 24.1 Å². The molecule has 1 saturated carbocycles. The van der Waals surface area contributed by atoms with Gasteiger partial charge in [0.15, 0.2) is 0 Å². The zero-order valence-corrected chi connectivity index (χ0v) is 10.4. The lowest BCUT2D eigenvalue weighted by molar-refractivity contribution is 0.715. The van der Waals surface area contributed by atoms with Crippen molar-refractivity contribution in [3.63, 3.8) is 0 Å². The molecule has 3 nitrogen and oxygen atoms in total. The molecule has 2 unspecified atom stereocenters. The Kier molecular flexibility index (Phi) is 3.65. The quantitative estimate of drug-likeness (QED) is 0.657. The van der Waals surface area contributed by atoms with Crippen LogP contribution in [0, 0.1) is 17.2 Å². The minimum atomic E-state index is 0.426. The third kappa shape index (κ3) is 2.78. The van der Waals surface area contributed by atoms with E-state index in [9.17, 15) is 0 Å². The van der Waals surface area contributed by atoms with Crippen LogP contribution >= 0.6 is 11.6 Å². The standard InChI is InChI=1S/C13H14ClN3/c1-2-9-8-12(9)17-11(5-6-15)10-4-3-7-16-13(10)14/h3-5,7,9,12,17H,2,8H2,1H3/b11-5-. The summed E-state index contributed by atoms with van der Waals surface area (Å²) in [6.07, 6.45) is 5.46. The zero-order chi connectivity index (χ0) is 12.3. The smallest absolute Gasteiger partial charge is 0.138 e. The average molecular weight is 248 g/mol. The van der Waals surface area contributed by atoms with Crippen LogP contribution < -0.4 is 5.32 Å². The van der Waals surface area contributed by atoms with E-state index < -0.39 is 0 Å². The molecule has 4 heteroatoms. The lowest BCUT2D eigenvalue weighted by atomic mass is 10.2. The van der Waals surface area contributed by atoms with E-state index in [4.69, 9.17) is 16.9 Å². The molecule has 0 saturated heterocycles. The van der Waals surface area contributed by atoms with Crippen molar-refractivity contribution in [2.75, 3.05) is 0 Å². The second-order valence-electron chi connectivity index (χ2n) is 4.18. The van der Waals surface area contributed by atoms with Crippen LogP contribution in [0.3, 0.4) is 0 Å². The molecular weight excluding hydrogens is 234 g/mol. The van der Waals surface area contributed by atoms with Crippen molar-refractivity contribution in [1.29, 1.82) is 5.26 Å². The van der Waals surface area contributed by atoms with Crippen molar-refractivity contribution in [3.8, 4) is 6.07 Å². The van der Waals surface area contributed by atoms with Gasteiger partial charge < -0.3 is 5.32 Å². The molecule has 2 rings (SSSR count). The molecule has 1 fully saturated rings. The summed E-state index contributed by atoms with van der Waals surface area (Å²) >= 11 is 6.03. The number of allylic oxidation sites excluding steroid dienone is 1. The SMILES string of the molecule is CCC1CC1N/C(=C\C#N)c1cccnc1Cl. The molecule has 88 valence electrons. The third-order valence-corrected chi connectivity index (χ3v) is 3.35. The predicted octanol–water partition coefficient (Wildman–Crippen LogP) is 2.99. The molecule has 17 heavy (non-hydrogen) atoms. The minimum absolute atomic E-state index is 0.426. The number of pyridine rings is 1. The molecule has 1 aliphatic rings. The van der Waals surface area contributed by atoms with Gasteiger partial charge in [0.05, 0.1) is 11.8 Å². The largest absolute Gasteiger partial charge is 0.381 e. The van der Waals surface area contributed by atoms with E-state index in [1.54, 1.807) is 6.20 Å². The molecule has 2 atom stereocenters. The van der Waals surface area contributed by atoms with E-state index in [1.807, 2.05) is 18.2 Å².